The number of hydrogen-bond acceptors (Lipinski definition) is 11. The molecule has 4 aromatic rings. The van der Waals surface area contributed by atoms with E-state index in [1.165, 1.54) is 36.4 Å². The average molecular weight is 931 g/mol. The number of para-hydroxylation sites is 2. The Balaban J connectivity index is 1.05. The third-order valence-corrected chi connectivity index (χ3v) is 13.1. The van der Waals surface area contributed by atoms with Gasteiger partial charge < -0.3 is 43.0 Å². The molecule has 4 aliphatic rings. The third kappa shape index (κ3) is 12.1. The molecule has 4 aromatic carbocycles. The first-order valence-corrected chi connectivity index (χ1v) is 22.5. The predicted octanol–water partition coefficient (Wildman–Crippen LogP) is 8.90. The molecule has 0 aliphatic carbocycles. The molecule has 0 saturated carbocycles. The normalized spacial score (nSPS) is 20.2. The summed E-state index contributed by atoms with van der Waals surface area (Å²) in [6, 6.07) is 26.7. The van der Waals surface area contributed by atoms with Crippen LogP contribution in [0.4, 0.5) is 26.3 Å². The molecule has 0 amide bonds. The van der Waals surface area contributed by atoms with Crippen LogP contribution in [0.1, 0.15) is 60.8 Å². The minimum atomic E-state index is -5.05. The van der Waals surface area contributed by atoms with Gasteiger partial charge in [-0.2, -0.15) is 0 Å². The van der Waals surface area contributed by atoms with Gasteiger partial charge in [0.1, 0.15) is 36.2 Å². The van der Waals surface area contributed by atoms with Gasteiger partial charge in [-0.3, -0.25) is 9.80 Å². The maximum Gasteiger partial charge on any atom is 0.573 e. The molecule has 0 atom stereocenters. The van der Waals surface area contributed by atoms with Crippen LogP contribution >= 0.6 is 0 Å². The number of benzene rings is 4. The summed E-state index contributed by atoms with van der Waals surface area (Å²) >= 11 is 0. The Morgan fingerprint density at radius 1 is 0.530 bits per heavy atom. The van der Waals surface area contributed by atoms with Crippen molar-refractivity contribution in [2.24, 2.45) is 0 Å². The van der Waals surface area contributed by atoms with Crippen molar-refractivity contribution < 1.29 is 69.3 Å². The van der Waals surface area contributed by atoms with Crippen LogP contribution in [0.3, 0.4) is 0 Å². The molecule has 0 radical (unpaired) electrons. The van der Waals surface area contributed by atoms with Crippen LogP contribution < -0.4 is 18.9 Å². The van der Waals surface area contributed by atoms with Crippen LogP contribution in [0.2, 0.25) is 0 Å². The Morgan fingerprint density at radius 2 is 0.879 bits per heavy atom. The number of alkyl halides is 6. The van der Waals surface area contributed by atoms with Crippen LogP contribution in [0.25, 0.3) is 0 Å². The quantitative estimate of drug-likeness (QED) is 0.109. The number of likely N-dealkylation sites (tertiary alicyclic amines) is 2. The first-order chi connectivity index (χ1) is 31.8. The fourth-order valence-corrected chi connectivity index (χ4v) is 9.81. The zero-order valence-electron chi connectivity index (χ0n) is 36.6. The lowest BCUT2D eigenvalue weighted by atomic mass is 9.56. The minimum Gasteiger partial charge on any atom is -0.488 e. The summed E-state index contributed by atoms with van der Waals surface area (Å²) in [6.45, 7) is 5.38. The van der Waals surface area contributed by atoms with Crippen molar-refractivity contribution in [3.05, 3.63) is 119 Å². The van der Waals surface area contributed by atoms with E-state index in [9.17, 15) is 31.4 Å². The molecule has 4 saturated heterocycles. The largest absolute Gasteiger partial charge is 0.573 e. The lowest BCUT2D eigenvalue weighted by Crippen LogP contribution is -2.60. The molecule has 0 spiro atoms. The second-order valence-corrected chi connectivity index (χ2v) is 17.3. The van der Waals surface area contributed by atoms with Gasteiger partial charge in [-0.15, -0.1) is 26.3 Å². The fourth-order valence-electron chi connectivity index (χ4n) is 9.81. The number of piperidine rings is 2. The highest BCUT2D eigenvalue weighted by Crippen LogP contribution is 2.54. The Labute approximate surface area is 380 Å². The van der Waals surface area contributed by atoms with Gasteiger partial charge >= 0.3 is 12.7 Å². The summed E-state index contributed by atoms with van der Waals surface area (Å²) < 4.78 is 128. The first kappa shape index (κ1) is 47.9. The Bertz CT molecular complexity index is 1980. The lowest BCUT2D eigenvalue weighted by molar-refractivity contribution is -0.276. The molecule has 0 bridgehead atoms. The van der Waals surface area contributed by atoms with Gasteiger partial charge in [0.2, 0.25) is 0 Å². The van der Waals surface area contributed by atoms with E-state index in [1.807, 2.05) is 48.5 Å². The first-order valence-electron chi connectivity index (χ1n) is 22.5. The van der Waals surface area contributed by atoms with Crippen LogP contribution in [-0.2, 0) is 42.9 Å². The topological polar surface area (TPSA) is 101 Å². The maximum atomic E-state index is 14.1. The van der Waals surface area contributed by atoms with Crippen molar-refractivity contribution in [1.82, 2.24) is 9.80 Å². The summed E-state index contributed by atoms with van der Waals surface area (Å²) in [4.78, 5) is 4.31. The zero-order chi connectivity index (χ0) is 46.2. The van der Waals surface area contributed by atoms with Crippen molar-refractivity contribution in [2.45, 2.75) is 93.9 Å². The zero-order valence-corrected chi connectivity index (χ0v) is 36.6. The molecule has 1 N–H and O–H groups in total. The van der Waals surface area contributed by atoms with E-state index in [4.69, 9.17) is 28.4 Å². The molecule has 358 valence electrons. The number of aliphatic hydroxyl groups excluding tert-OH is 1. The summed E-state index contributed by atoms with van der Waals surface area (Å²) in [5.74, 6) is 0.361. The Morgan fingerprint density at radius 3 is 1.23 bits per heavy atom. The summed E-state index contributed by atoms with van der Waals surface area (Å²) in [7, 11) is 0. The highest BCUT2D eigenvalue weighted by molar-refractivity contribution is 5.47. The van der Waals surface area contributed by atoms with Crippen molar-refractivity contribution in [3.8, 4) is 23.0 Å². The summed E-state index contributed by atoms with van der Waals surface area (Å²) in [6.07, 6.45) is -10.1. The van der Waals surface area contributed by atoms with E-state index >= 15 is 0 Å². The number of nitrogens with zero attached hydrogens (tertiary/aromatic N) is 2. The van der Waals surface area contributed by atoms with Crippen LogP contribution in [-0.4, -0.2) is 112 Å². The van der Waals surface area contributed by atoms with Gasteiger partial charge in [-0.1, -0.05) is 60.7 Å². The number of halogens is 6. The van der Waals surface area contributed by atoms with E-state index < -0.39 is 53.7 Å². The van der Waals surface area contributed by atoms with Gasteiger partial charge in [0.05, 0.1) is 32.5 Å². The molecule has 17 heteroatoms. The van der Waals surface area contributed by atoms with Crippen molar-refractivity contribution in [2.75, 3.05) is 65.8 Å². The lowest BCUT2D eigenvalue weighted by Gasteiger charge is -2.54. The monoisotopic (exact) mass is 930 g/mol. The molecule has 66 heavy (non-hydrogen) atoms. The molecule has 0 aromatic heterocycles. The number of ether oxygens (including phenoxy) is 8. The van der Waals surface area contributed by atoms with E-state index in [0.29, 0.717) is 77.2 Å². The molecule has 4 heterocycles. The van der Waals surface area contributed by atoms with Gasteiger partial charge in [-0.25, -0.2) is 0 Å². The Hall–Kier alpha value is -4.62. The van der Waals surface area contributed by atoms with Crippen molar-refractivity contribution in [1.29, 1.82) is 0 Å². The molecule has 0 unspecified atom stereocenters. The van der Waals surface area contributed by atoms with Gasteiger partial charge in [0.25, 0.3) is 0 Å². The van der Waals surface area contributed by atoms with E-state index in [-0.39, 0.29) is 50.0 Å². The van der Waals surface area contributed by atoms with Gasteiger partial charge in [0.15, 0.2) is 12.6 Å². The average Bonchev–Trinajstić information content (AvgIpc) is 3.32. The van der Waals surface area contributed by atoms with Crippen LogP contribution in [0.15, 0.2) is 97.1 Å². The SMILES string of the molecule is OC(C1(c2ccccc2OC(F)(F)F)CCN(Cc2ccc(OCC3OCCCO3)cc2)CC1)C1(c2ccccc2OC(F)(F)F)CCN(Cc2ccc(OCC3OCCCO3)cc2)CC1. The summed E-state index contributed by atoms with van der Waals surface area (Å²) in [5, 5.41) is 13.3. The van der Waals surface area contributed by atoms with Crippen LogP contribution in [0, 0.1) is 0 Å². The number of rotatable bonds is 16. The molecular formula is C49H56F6N2O9. The smallest absolute Gasteiger partial charge is 0.488 e. The Kier molecular flexibility index (Phi) is 15.3. The fraction of sp³-hybridized carbons (Fsp3) is 0.510. The predicted molar refractivity (Wildman–Crippen MR) is 229 cm³/mol. The number of aliphatic hydroxyl groups is 1. The number of hydrogen-bond donors (Lipinski definition) is 1. The molecule has 11 nitrogen and oxygen atoms in total. The maximum absolute atomic E-state index is 14.1. The molecule has 8 rings (SSSR count). The molecule has 4 aliphatic heterocycles. The van der Waals surface area contributed by atoms with E-state index in [2.05, 4.69) is 19.3 Å². The van der Waals surface area contributed by atoms with E-state index in [1.54, 1.807) is 12.1 Å². The van der Waals surface area contributed by atoms with Crippen molar-refractivity contribution >= 4 is 0 Å². The third-order valence-electron chi connectivity index (χ3n) is 13.1. The standard InChI is InChI=1S/C49H56F6N2O9/c50-48(51,52)65-41-9-3-1-7-39(41)46(19-23-56(24-20-46)31-35-11-15-37(16-12-35)63-33-43-59-27-5-28-60-43)45(58)47(40-8-2-4-10-42(40)66-49(53,54)55)21-25-57(26-22-47)32-36-13-17-38(18-14-36)64-34-44-61-29-6-30-62-44/h1-4,7-18,43-45,58H,5-6,19-34H2. The van der Waals surface area contributed by atoms with Crippen molar-refractivity contribution in [3.63, 3.8) is 0 Å². The minimum absolute atomic E-state index is 0.141. The highest BCUT2D eigenvalue weighted by atomic mass is 19.4. The van der Waals surface area contributed by atoms with Gasteiger partial charge in [-0.05, 0) is 112 Å². The highest BCUT2D eigenvalue weighted by Gasteiger charge is 2.56. The summed E-state index contributed by atoms with van der Waals surface area (Å²) in [5.41, 5.74) is -0.570. The van der Waals surface area contributed by atoms with Crippen LogP contribution in [0.5, 0.6) is 23.0 Å². The van der Waals surface area contributed by atoms with E-state index in [0.717, 1.165) is 24.0 Å². The van der Waals surface area contributed by atoms with Gasteiger partial charge in [0, 0.05) is 35.0 Å². The molecular weight excluding hydrogens is 875 g/mol. The second kappa shape index (κ2) is 21.1. The second-order valence-electron chi connectivity index (χ2n) is 17.3. The molecule has 4 fully saturated rings.